The van der Waals surface area contributed by atoms with Crippen LogP contribution in [0.3, 0.4) is 0 Å². The molecule has 3 aromatic rings. The number of amides is 2. The smallest absolute Gasteiger partial charge is 0.414 e. The Balaban J connectivity index is 1.37. The molecule has 172 valence electrons. The van der Waals surface area contributed by atoms with E-state index in [4.69, 9.17) is 9.26 Å². The van der Waals surface area contributed by atoms with Crippen molar-refractivity contribution in [1.82, 2.24) is 20.8 Å². The van der Waals surface area contributed by atoms with E-state index in [2.05, 4.69) is 20.8 Å². The molecule has 0 bridgehead atoms. The van der Waals surface area contributed by atoms with E-state index in [9.17, 15) is 14.0 Å². The van der Waals surface area contributed by atoms with E-state index < -0.39 is 18.0 Å². The third-order valence-electron chi connectivity index (χ3n) is 5.16. The number of aryl methyl sites for hydroxylation is 1. The number of nitrogens with zero attached hydrogens (tertiary/aromatic N) is 3. The Bertz CT molecular complexity index is 1150. The lowest BCUT2D eigenvalue weighted by molar-refractivity contribution is -0.119. The number of anilines is 1. The minimum absolute atomic E-state index is 0.205. The second kappa shape index (κ2) is 9.78. The first kappa shape index (κ1) is 22.4. The average Bonchev–Trinajstić information content (AvgIpc) is 3.38. The molecule has 0 unspecified atom stereocenters. The first-order valence-electron chi connectivity index (χ1n) is 10.5. The van der Waals surface area contributed by atoms with Crippen molar-refractivity contribution in [3.63, 3.8) is 0 Å². The van der Waals surface area contributed by atoms with Crippen LogP contribution in [0.5, 0.6) is 0 Å². The molecule has 9 nitrogen and oxygen atoms in total. The van der Waals surface area contributed by atoms with E-state index >= 15 is 0 Å². The lowest BCUT2D eigenvalue weighted by Crippen LogP contribution is -2.33. The SMILES string of the molecule is CC(=O)NC[C@H]1CN(c2ccc(-c3ccc(CNCc4noc(C)n4)cc3)c(F)c2)C(=O)O1. The second-order valence-corrected chi connectivity index (χ2v) is 7.75. The minimum Gasteiger partial charge on any atom is -0.442 e. The van der Waals surface area contributed by atoms with Crippen LogP contribution in [-0.4, -0.2) is 41.3 Å². The van der Waals surface area contributed by atoms with Gasteiger partial charge in [-0.05, 0) is 29.3 Å². The predicted octanol–water partition coefficient (Wildman–Crippen LogP) is 2.94. The molecule has 2 N–H and O–H groups in total. The number of hydrogen-bond donors (Lipinski definition) is 2. The van der Waals surface area contributed by atoms with Crippen molar-refractivity contribution in [1.29, 1.82) is 0 Å². The summed E-state index contributed by atoms with van der Waals surface area (Å²) in [5, 5.41) is 9.68. The van der Waals surface area contributed by atoms with Gasteiger partial charge in [0, 0.05) is 26.0 Å². The molecule has 0 spiro atoms. The molecule has 1 aromatic heterocycles. The summed E-state index contributed by atoms with van der Waals surface area (Å²) in [6.07, 6.45) is -1.04. The highest BCUT2D eigenvalue weighted by Gasteiger charge is 2.32. The van der Waals surface area contributed by atoms with Crippen molar-refractivity contribution in [3.05, 3.63) is 65.6 Å². The Hall–Kier alpha value is -3.79. The third-order valence-corrected chi connectivity index (χ3v) is 5.16. The number of benzene rings is 2. The highest BCUT2D eigenvalue weighted by molar-refractivity contribution is 5.90. The van der Waals surface area contributed by atoms with Gasteiger partial charge < -0.3 is 19.9 Å². The van der Waals surface area contributed by atoms with Crippen molar-refractivity contribution >= 4 is 17.7 Å². The topological polar surface area (TPSA) is 110 Å². The zero-order chi connectivity index (χ0) is 23.4. The molecule has 0 saturated carbocycles. The molecule has 4 rings (SSSR count). The summed E-state index contributed by atoms with van der Waals surface area (Å²) in [5.41, 5.74) is 2.59. The lowest BCUT2D eigenvalue weighted by atomic mass is 10.0. The fourth-order valence-corrected chi connectivity index (χ4v) is 3.54. The Labute approximate surface area is 189 Å². The number of hydrogen-bond acceptors (Lipinski definition) is 7. The van der Waals surface area contributed by atoms with E-state index in [-0.39, 0.29) is 19.0 Å². The quantitative estimate of drug-likeness (QED) is 0.540. The van der Waals surface area contributed by atoms with Gasteiger partial charge in [-0.15, -0.1) is 0 Å². The molecule has 1 saturated heterocycles. The van der Waals surface area contributed by atoms with E-state index in [0.717, 1.165) is 11.1 Å². The van der Waals surface area contributed by atoms with E-state index in [0.29, 0.717) is 36.1 Å². The van der Waals surface area contributed by atoms with Gasteiger partial charge in [-0.3, -0.25) is 9.69 Å². The van der Waals surface area contributed by atoms with Gasteiger partial charge in [0.2, 0.25) is 11.8 Å². The summed E-state index contributed by atoms with van der Waals surface area (Å²) in [7, 11) is 0. The Kier molecular flexibility index (Phi) is 6.64. The van der Waals surface area contributed by atoms with Crippen molar-refractivity contribution < 1.29 is 23.2 Å². The molecule has 33 heavy (non-hydrogen) atoms. The van der Waals surface area contributed by atoms with E-state index in [1.165, 1.54) is 17.9 Å². The molecular weight excluding hydrogens is 429 g/mol. The molecule has 2 amide bonds. The van der Waals surface area contributed by atoms with Gasteiger partial charge in [0.25, 0.3) is 0 Å². The number of carbonyl (C=O) groups excluding carboxylic acids is 2. The van der Waals surface area contributed by atoms with Gasteiger partial charge in [0.05, 0.1) is 25.3 Å². The zero-order valence-corrected chi connectivity index (χ0v) is 18.3. The standard InChI is InChI=1S/C23H24FN5O4/c1-14(30)26-11-19-13-29(23(31)32-19)18-7-8-20(21(24)9-18)17-5-3-16(4-6-17)10-25-12-22-27-15(2)33-28-22/h3-9,19,25H,10-13H2,1-2H3,(H,26,30)/t19-/m0/s1. The fourth-order valence-electron chi connectivity index (χ4n) is 3.54. The van der Waals surface area contributed by atoms with Crippen LogP contribution in [-0.2, 0) is 22.6 Å². The van der Waals surface area contributed by atoms with Crippen LogP contribution in [0.4, 0.5) is 14.9 Å². The van der Waals surface area contributed by atoms with Crippen LogP contribution in [0.25, 0.3) is 11.1 Å². The normalized spacial score (nSPS) is 15.5. The molecule has 2 aromatic carbocycles. The van der Waals surface area contributed by atoms with E-state index in [1.807, 2.05) is 24.3 Å². The summed E-state index contributed by atoms with van der Waals surface area (Å²) < 4.78 is 25.1. The van der Waals surface area contributed by atoms with E-state index in [1.54, 1.807) is 19.1 Å². The van der Waals surface area contributed by atoms with Crippen LogP contribution in [0.2, 0.25) is 0 Å². The lowest BCUT2D eigenvalue weighted by Gasteiger charge is -2.15. The zero-order valence-electron chi connectivity index (χ0n) is 18.3. The first-order chi connectivity index (χ1) is 15.9. The molecule has 1 aliphatic heterocycles. The molecule has 10 heteroatoms. The minimum atomic E-state index is -0.565. The summed E-state index contributed by atoms with van der Waals surface area (Å²) in [4.78, 5) is 28.7. The molecule has 0 radical (unpaired) electrons. The second-order valence-electron chi connectivity index (χ2n) is 7.75. The highest BCUT2D eigenvalue weighted by Crippen LogP contribution is 2.29. The van der Waals surface area contributed by atoms with Crippen LogP contribution >= 0.6 is 0 Å². The van der Waals surface area contributed by atoms with Crippen LogP contribution in [0, 0.1) is 12.7 Å². The number of ether oxygens (including phenoxy) is 1. The van der Waals surface area contributed by atoms with Gasteiger partial charge >= 0.3 is 6.09 Å². The average molecular weight is 453 g/mol. The first-order valence-corrected chi connectivity index (χ1v) is 10.5. The van der Waals surface area contributed by atoms with Crippen molar-refractivity contribution in [2.24, 2.45) is 0 Å². The Morgan fingerprint density at radius 1 is 1.21 bits per heavy atom. The molecule has 1 atom stereocenters. The Morgan fingerprint density at radius 3 is 2.67 bits per heavy atom. The molecule has 2 heterocycles. The maximum absolute atomic E-state index is 14.9. The number of carbonyl (C=O) groups is 2. The predicted molar refractivity (Wildman–Crippen MR) is 118 cm³/mol. The maximum Gasteiger partial charge on any atom is 0.414 e. The van der Waals surface area contributed by atoms with Gasteiger partial charge in [0.15, 0.2) is 5.82 Å². The van der Waals surface area contributed by atoms with Gasteiger partial charge in [0.1, 0.15) is 11.9 Å². The number of nitrogens with one attached hydrogen (secondary N) is 2. The maximum atomic E-state index is 14.9. The summed E-state index contributed by atoms with van der Waals surface area (Å²) in [6.45, 7) is 4.67. The van der Waals surface area contributed by atoms with Gasteiger partial charge in [-0.2, -0.15) is 4.98 Å². The number of rotatable bonds is 8. The summed E-state index contributed by atoms with van der Waals surface area (Å²) >= 11 is 0. The van der Waals surface area contributed by atoms with Crippen LogP contribution in [0.1, 0.15) is 24.2 Å². The van der Waals surface area contributed by atoms with Crippen molar-refractivity contribution in [2.75, 3.05) is 18.0 Å². The van der Waals surface area contributed by atoms with Crippen molar-refractivity contribution in [3.8, 4) is 11.1 Å². The van der Waals surface area contributed by atoms with Crippen LogP contribution in [0.15, 0.2) is 47.0 Å². The largest absolute Gasteiger partial charge is 0.442 e. The molecule has 1 fully saturated rings. The molecular formula is C23H24FN5O4. The number of cyclic esters (lactones) is 1. The van der Waals surface area contributed by atoms with Gasteiger partial charge in [-0.25, -0.2) is 9.18 Å². The fraction of sp³-hybridized carbons (Fsp3) is 0.304. The number of aromatic nitrogens is 2. The summed E-state index contributed by atoms with van der Waals surface area (Å²) in [6, 6.07) is 12.2. The summed E-state index contributed by atoms with van der Waals surface area (Å²) in [5.74, 6) is 0.470. The number of halogens is 1. The van der Waals surface area contributed by atoms with Crippen molar-refractivity contribution in [2.45, 2.75) is 33.0 Å². The third kappa shape index (κ3) is 5.53. The van der Waals surface area contributed by atoms with Crippen LogP contribution < -0.4 is 15.5 Å². The molecule has 1 aliphatic rings. The monoisotopic (exact) mass is 453 g/mol. The van der Waals surface area contributed by atoms with Gasteiger partial charge in [-0.1, -0.05) is 29.4 Å². The Morgan fingerprint density at radius 2 is 2.00 bits per heavy atom. The molecule has 0 aliphatic carbocycles. The highest BCUT2D eigenvalue weighted by atomic mass is 19.1.